The van der Waals surface area contributed by atoms with Crippen LogP contribution in [0.2, 0.25) is 0 Å². The first kappa shape index (κ1) is 13.6. The van der Waals surface area contributed by atoms with Gasteiger partial charge in [-0.15, -0.1) is 0 Å². The summed E-state index contributed by atoms with van der Waals surface area (Å²) >= 11 is 0. The van der Waals surface area contributed by atoms with E-state index in [0.717, 1.165) is 12.1 Å². The summed E-state index contributed by atoms with van der Waals surface area (Å²) in [6.07, 6.45) is 1.78. The zero-order valence-corrected chi connectivity index (χ0v) is 10.7. The maximum absolute atomic E-state index is 13.6. The van der Waals surface area contributed by atoms with Crippen molar-refractivity contribution in [1.82, 2.24) is 15.0 Å². The van der Waals surface area contributed by atoms with Crippen molar-refractivity contribution in [2.75, 3.05) is 13.1 Å². The molecule has 1 aromatic heterocycles. The zero-order valence-electron chi connectivity index (χ0n) is 10.7. The molecule has 0 bridgehead atoms. The van der Waals surface area contributed by atoms with Crippen molar-refractivity contribution in [1.29, 1.82) is 0 Å². The maximum Gasteiger partial charge on any atom is 0.256 e. The van der Waals surface area contributed by atoms with Gasteiger partial charge in [0.2, 0.25) is 6.39 Å². The van der Waals surface area contributed by atoms with Crippen LogP contribution in [0, 0.1) is 17.5 Å². The van der Waals surface area contributed by atoms with Crippen LogP contribution < -0.4 is 0 Å². The predicted octanol–water partition coefficient (Wildman–Crippen LogP) is 2.12. The summed E-state index contributed by atoms with van der Waals surface area (Å²) in [7, 11) is 0. The van der Waals surface area contributed by atoms with Crippen LogP contribution in [0.4, 0.5) is 13.2 Å². The molecule has 1 amide bonds. The lowest BCUT2D eigenvalue weighted by Gasteiger charge is -2.16. The molecule has 3 rings (SSSR count). The molecule has 110 valence electrons. The Morgan fingerprint density at radius 2 is 2.10 bits per heavy atom. The fourth-order valence-electron chi connectivity index (χ4n) is 2.38. The van der Waals surface area contributed by atoms with E-state index in [4.69, 9.17) is 0 Å². The Labute approximate surface area is 117 Å². The van der Waals surface area contributed by atoms with Gasteiger partial charge in [0.1, 0.15) is 0 Å². The summed E-state index contributed by atoms with van der Waals surface area (Å²) < 4.78 is 44.3. The molecule has 0 aliphatic carbocycles. The Morgan fingerprint density at radius 1 is 1.29 bits per heavy atom. The van der Waals surface area contributed by atoms with Crippen LogP contribution in [-0.4, -0.2) is 34.0 Å². The van der Waals surface area contributed by atoms with Crippen LogP contribution in [0.1, 0.15) is 28.5 Å². The Bertz CT molecular complexity index is 676. The van der Waals surface area contributed by atoms with Gasteiger partial charge in [-0.05, 0) is 18.6 Å². The number of hydrogen-bond acceptors (Lipinski definition) is 4. The second kappa shape index (κ2) is 5.19. The van der Waals surface area contributed by atoms with Crippen molar-refractivity contribution in [2.45, 2.75) is 12.3 Å². The molecule has 0 N–H and O–H groups in total. The molecule has 21 heavy (non-hydrogen) atoms. The average molecular weight is 297 g/mol. The van der Waals surface area contributed by atoms with Crippen LogP contribution >= 0.6 is 0 Å². The number of carbonyl (C=O) groups excluding carboxylic acids is 1. The minimum Gasteiger partial charge on any atom is -0.343 e. The topological polar surface area (TPSA) is 59.2 Å². The van der Waals surface area contributed by atoms with Gasteiger partial charge in [-0.2, -0.15) is 4.98 Å². The number of nitrogens with zero attached hydrogens (tertiary/aromatic N) is 3. The van der Waals surface area contributed by atoms with Gasteiger partial charge in [-0.1, -0.05) is 5.16 Å². The maximum atomic E-state index is 13.6. The Hall–Kier alpha value is -2.38. The number of benzene rings is 1. The molecule has 1 aliphatic rings. The fourth-order valence-corrected chi connectivity index (χ4v) is 2.38. The summed E-state index contributed by atoms with van der Waals surface area (Å²) in [6, 6.07) is 1.68. The largest absolute Gasteiger partial charge is 0.343 e. The van der Waals surface area contributed by atoms with Gasteiger partial charge in [0.25, 0.3) is 5.91 Å². The number of carbonyl (C=O) groups is 1. The third-order valence-corrected chi connectivity index (χ3v) is 3.48. The molecule has 1 unspecified atom stereocenters. The van der Waals surface area contributed by atoms with Crippen LogP contribution in [-0.2, 0) is 0 Å². The van der Waals surface area contributed by atoms with Crippen molar-refractivity contribution in [2.24, 2.45) is 0 Å². The lowest BCUT2D eigenvalue weighted by molar-refractivity contribution is 0.0784. The highest BCUT2D eigenvalue weighted by molar-refractivity contribution is 5.94. The quantitative estimate of drug-likeness (QED) is 0.797. The molecule has 0 spiro atoms. The van der Waals surface area contributed by atoms with Crippen LogP contribution in [0.25, 0.3) is 0 Å². The highest BCUT2D eigenvalue weighted by Gasteiger charge is 2.32. The summed E-state index contributed by atoms with van der Waals surface area (Å²) in [6.45, 7) is 0.632. The van der Waals surface area contributed by atoms with Crippen LogP contribution in [0.15, 0.2) is 23.0 Å². The van der Waals surface area contributed by atoms with Crippen molar-refractivity contribution in [3.05, 3.63) is 47.4 Å². The van der Waals surface area contributed by atoms with Gasteiger partial charge in [0.05, 0.1) is 5.56 Å². The molecular formula is C13H10F3N3O2. The Kier molecular flexibility index (Phi) is 3.36. The molecule has 0 radical (unpaired) electrons. The molecule has 2 aromatic rings. The molecule has 1 aromatic carbocycles. The van der Waals surface area contributed by atoms with E-state index < -0.39 is 28.9 Å². The van der Waals surface area contributed by atoms with E-state index in [1.807, 2.05) is 0 Å². The number of halogens is 3. The number of hydrogen-bond donors (Lipinski definition) is 0. The van der Waals surface area contributed by atoms with Crippen molar-refractivity contribution in [3.63, 3.8) is 0 Å². The lowest BCUT2D eigenvalue weighted by Crippen LogP contribution is -2.29. The van der Waals surface area contributed by atoms with Gasteiger partial charge < -0.3 is 9.42 Å². The molecule has 1 saturated heterocycles. The minimum absolute atomic E-state index is 0.110. The van der Waals surface area contributed by atoms with E-state index in [1.165, 1.54) is 11.3 Å². The Morgan fingerprint density at radius 3 is 2.81 bits per heavy atom. The highest BCUT2D eigenvalue weighted by atomic mass is 19.2. The van der Waals surface area contributed by atoms with Crippen molar-refractivity contribution < 1.29 is 22.5 Å². The first-order valence-electron chi connectivity index (χ1n) is 6.27. The van der Waals surface area contributed by atoms with E-state index in [1.54, 1.807) is 0 Å². The zero-order chi connectivity index (χ0) is 15.0. The smallest absolute Gasteiger partial charge is 0.256 e. The van der Waals surface area contributed by atoms with E-state index in [0.29, 0.717) is 18.8 Å². The third-order valence-electron chi connectivity index (χ3n) is 3.48. The van der Waals surface area contributed by atoms with Crippen LogP contribution in [0.5, 0.6) is 0 Å². The average Bonchev–Trinajstić information content (AvgIpc) is 3.14. The summed E-state index contributed by atoms with van der Waals surface area (Å²) in [5, 5.41) is 3.70. The van der Waals surface area contributed by atoms with Gasteiger partial charge in [0.15, 0.2) is 23.3 Å². The fraction of sp³-hybridized carbons (Fsp3) is 0.308. The van der Waals surface area contributed by atoms with Gasteiger partial charge in [0, 0.05) is 19.0 Å². The van der Waals surface area contributed by atoms with E-state index in [9.17, 15) is 18.0 Å². The summed E-state index contributed by atoms with van der Waals surface area (Å²) in [5.41, 5.74) is -0.484. The number of aromatic nitrogens is 2. The number of likely N-dealkylation sites (tertiary alicyclic amines) is 1. The minimum atomic E-state index is -1.64. The van der Waals surface area contributed by atoms with E-state index in [-0.39, 0.29) is 12.5 Å². The van der Waals surface area contributed by atoms with Crippen molar-refractivity contribution >= 4 is 5.91 Å². The molecule has 1 aliphatic heterocycles. The Balaban J connectivity index is 1.79. The first-order valence-corrected chi connectivity index (χ1v) is 6.27. The summed E-state index contributed by atoms with van der Waals surface area (Å²) in [5.74, 6) is -4.76. The molecule has 2 heterocycles. The van der Waals surface area contributed by atoms with E-state index >= 15 is 0 Å². The second-order valence-electron chi connectivity index (χ2n) is 4.75. The molecule has 1 atom stereocenters. The van der Waals surface area contributed by atoms with Crippen LogP contribution in [0.3, 0.4) is 0 Å². The van der Waals surface area contributed by atoms with Gasteiger partial charge in [-0.25, -0.2) is 13.2 Å². The highest BCUT2D eigenvalue weighted by Crippen LogP contribution is 2.26. The second-order valence-corrected chi connectivity index (χ2v) is 4.75. The third kappa shape index (κ3) is 2.37. The van der Waals surface area contributed by atoms with Gasteiger partial charge in [-0.3, -0.25) is 4.79 Å². The van der Waals surface area contributed by atoms with E-state index in [2.05, 4.69) is 14.7 Å². The normalized spacial score (nSPS) is 18.2. The first-order chi connectivity index (χ1) is 10.1. The molecule has 5 nitrogen and oxygen atoms in total. The number of rotatable bonds is 2. The summed E-state index contributed by atoms with van der Waals surface area (Å²) in [4.78, 5) is 17.4. The predicted molar refractivity (Wildman–Crippen MR) is 63.9 cm³/mol. The van der Waals surface area contributed by atoms with Gasteiger partial charge >= 0.3 is 0 Å². The molecule has 1 fully saturated rings. The SMILES string of the molecule is O=C(c1ccc(F)c(F)c1F)N1CCC(c2ncon2)C1. The molecule has 0 saturated carbocycles. The monoisotopic (exact) mass is 297 g/mol. The lowest BCUT2D eigenvalue weighted by atomic mass is 10.1. The van der Waals surface area contributed by atoms with Crippen molar-refractivity contribution in [3.8, 4) is 0 Å². The standard InChI is InChI=1S/C13H10F3N3O2/c14-9-2-1-8(10(15)11(9)16)13(20)19-4-3-7(5-19)12-17-6-21-18-12/h1-2,6-7H,3-5H2. The number of amides is 1. The molecule has 8 heteroatoms. The molecular weight excluding hydrogens is 287 g/mol.